The second-order valence-corrected chi connectivity index (χ2v) is 5.04. The topological polar surface area (TPSA) is 34.1 Å². The number of sulfone groups is 1. The van der Waals surface area contributed by atoms with Gasteiger partial charge in [-0.2, -0.15) is 13.2 Å². The smallest absolute Gasteiger partial charge is 0.219 e. The van der Waals surface area contributed by atoms with Gasteiger partial charge in [0.2, 0.25) is 0 Å². The van der Waals surface area contributed by atoms with Crippen molar-refractivity contribution in [3.63, 3.8) is 0 Å². The highest BCUT2D eigenvalue weighted by atomic mass is 32.2. The molecule has 6 heteroatoms. The minimum atomic E-state index is -4.63. The summed E-state index contributed by atoms with van der Waals surface area (Å²) in [5, 5.41) is 0.168. The fraction of sp³-hybridized carbons (Fsp3) is 0.200. The molecule has 0 N–H and O–H groups in total. The highest BCUT2D eigenvalue weighted by Crippen LogP contribution is 2.20. The van der Waals surface area contributed by atoms with E-state index in [-0.39, 0.29) is 16.4 Å². The maximum absolute atomic E-state index is 11.8. The van der Waals surface area contributed by atoms with Crippen molar-refractivity contribution in [3.05, 3.63) is 41.3 Å². The van der Waals surface area contributed by atoms with Crippen LogP contribution >= 0.6 is 0 Å². The summed E-state index contributed by atoms with van der Waals surface area (Å²) in [5.74, 6) is 0. The molecule has 1 aromatic carbocycles. The Bertz CT molecular complexity index is 501. The zero-order valence-corrected chi connectivity index (χ0v) is 9.14. The molecule has 2 nitrogen and oxygen atoms in total. The molecule has 1 aromatic rings. The van der Waals surface area contributed by atoms with Crippen LogP contribution in [0.5, 0.6) is 0 Å². The Labute approximate surface area is 91.3 Å². The van der Waals surface area contributed by atoms with Gasteiger partial charge in [-0.15, -0.1) is 0 Å². The van der Waals surface area contributed by atoms with Gasteiger partial charge in [0.15, 0.2) is 9.84 Å². The van der Waals surface area contributed by atoms with Gasteiger partial charge in [-0.1, -0.05) is 12.1 Å². The van der Waals surface area contributed by atoms with E-state index in [9.17, 15) is 21.6 Å². The van der Waals surface area contributed by atoms with Crippen LogP contribution < -0.4 is 0 Å². The van der Waals surface area contributed by atoms with Crippen molar-refractivity contribution in [2.75, 3.05) is 0 Å². The SMILES string of the molecule is Cc1cccc(S(=O)(=O)/C=C/C(F)(F)F)c1. The van der Waals surface area contributed by atoms with E-state index in [0.717, 1.165) is 0 Å². The average Bonchev–Trinajstić information content (AvgIpc) is 2.14. The number of halogens is 3. The summed E-state index contributed by atoms with van der Waals surface area (Å²) in [6.45, 7) is 1.66. The van der Waals surface area contributed by atoms with Crippen LogP contribution in [0.3, 0.4) is 0 Å². The van der Waals surface area contributed by atoms with Gasteiger partial charge in [0.1, 0.15) is 0 Å². The Morgan fingerprint density at radius 3 is 2.38 bits per heavy atom. The molecule has 0 bridgehead atoms. The quantitative estimate of drug-likeness (QED) is 0.808. The highest BCUT2D eigenvalue weighted by molar-refractivity contribution is 7.94. The van der Waals surface area contributed by atoms with Gasteiger partial charge in [-0.3, -0.25) is 0 Å². The van der Waals surface area contributed by atoms with E-state index in [2.05, 4.69) is 0 Å². The number of aryl methyl sites for hydroxylation is 1. The molecule has 1 rings (SSSR count). The molecule has 16 heavy (non-hydrogen) atoms. The van der Waals surface area contributed by atoms with E-state index in [1.807, 2.05) is 0 Å². The van der Waals surface area contributed by atoms with E-state index >= 15 is 0 Å². The fourth-order valence-electron chi connectivity index (χ4n) is 1.04. The predicted octanol–water partition coefficient (Wildman–Crippen LogP) is 2.84. The summed E-state index contributed by atoms with van der Waals surface area (Å²) in [6, 6.07) is 5.70. The van der Waals surface area contributed by atoms with Crippen molar-refractivity contribution in [1.29, 1.82) is 0 Å². The highest BCUT2D eigenvalue weighted by Gasteiger charge is 2.24. The summed E-state index contributed by atoms with van der Waals surface area (Å²) >= 11 is 0. The summed E-state index contributed by atoms with van der Waals surface area (Å²) < 4.78 is 58.4. The maximum Gasteiger partial charge on any atom is 0.410 e. The zero-order chi connectivity index (χ0) is 12.4. The summed E-state index contributed by atoms with van der Waals surface area (Å²) in [7, 11) is -4.02. The Balaban J connectivity index is 3.09. The Morgan fingerprint density at radius 2 is 1.88 bits per heavy atom. The van der Waals surface area contributed by atoms with E-state index in [4.69, 9.17) is 0 Å². The average molecular weight is 250 g/mol. The van der Waals surface area contributed by atoms with Gasteiger partial charge in [-0.05, 0) is 24.6 Å². The molecule has 0 saturated carbocycles. The molecule has 0 aliphatic rings. The number of hydrogen-bond acceptors (Lipinski definition) is 2. The lowest BCUT2D eigenvalue weighted by Crippen LogP contribution is -2.04. The van der Waals surface area contributed by atoms with Crippen LogP contribution in [0.2, 0.25) is 0 Å². The summed E-state index contributed by atoms with van der Waals surface area (Å²) in [6.07, 6.45) is -4.92. The van der Waals surface area contributed by atoms with E-state index in [0.29, 0.717) is 5.56 Å². The first-order valence-electron chi connectivity index (χ1n) is 4.28. The number of rotatable bonds is 2. The number of allylic oxidation sites excluding steroid dienone is 1. The summed E-state index contributed by atoms with van der Waals surface area (Å²) in [5.41, 5.74) is 0.668. The first-order valence-corrected chi connectivity index (χ1v) is 5.83. The van der Waals surface area contributed by atoms with Crippen molar-refractivity contribution in [2.45, 2.75) is 18.0 Å². The molecule has 0 radical (unpaired) electrons. The Morgan fingerprint density at radius 1 is 1.25 bits per heavy atom. The molecule has 0 amide bonds. The molecule has 88 valence electrons. The lowest BCUT2D eigenvalue weighted by atomic mass is 10.2. The minimum Gasteiger partial charge on any atom is -0.219 e. The third-order valence-electron chi connectivity index (χ3n) is 1.75. The normalized spacial score (nSPS) is 13.2. The van der Waals surface area contributed by atoms with E-state index < -0.39 is 16.0 Å². The van der Waals surface area contributed by atoms with Gasteiger partial charge >= 0.3 is 6.18 Å². The van der Waals surface area contributed by atoms with Crippen LogP contribution in [-0.4, -0.2) is 14.6 Å². The molecule has 0 unspecified atom stereocenters. The molecular weight excluding hydrogens is 241 g/mol. The predicted molar refractivity (Wildman–Crippen MR) is 53.6 cm³/mol. The largest absolute Gasteiger partial charge is 0.410 e. The Hall–Kier alpha value is -1.30. The van der Waals surface area contributed by atoms with Crippen molar-refractivity contribution >= 4 is 9.84 Å². The zero-order valence-electron chi connectivity index (χ0n) is 8.32. The molecule has 0 aliphatic heterocycles. The molecule has 0 aromatic heterocycles. The summed E-state index contributed by atoms with van der Waals surface area (Å²) in [4.78, 5) is -0.145. The van der Waals surface area contributed by atoms with Crippen LogP contribution in [0.1, 0.15) is 5.56 Å². The number of alkyl halides is 3. The van der Waals surface area contributed by atoms with Crippen molar-refractivity contribution < 1.29 is 21.6 Å². The van der Waals surface area contributed by atoms with Crippen molar-refractivity contribution in [1.82, 2.24) is 0 Å². The van der Waals surface area contributed by atoms with Crippen LogP contribution in [0.4, 0.5) is 13.2 Å². The second-order valence-electron chi connectivity index (χ2n) is 3.21. The third kappa shape index (κ3) is 3.69. The van der Waals surface area contributed by atoms with Gasteiger partial charge in [0, 0.05) is 11.5 Å². The molecule has 0 heterocycles. The van der Waals surface area contributed by atoms with Gasteiger partial charge < -0.3 is 0 Å². The lowest BCUT2D eigenvalue weighted by Gasteiger charge is -2.01. The lowest BCUT2D eigenvalue weighted by molar-refractivity contribution is -0.0797. The minimum absolute atomic E-state index is 0.145. The van der Waals surface area contributed by atoms with Crippen molar-refractivity contribution in [2.24, 2.45) is 0 Å². The molecule has 0 spiro atoms. The first kappa shape index (κ1) is 12.8. The second kappa shape index (κ2) is 4.29. The van der Waals surface area contributed by atoms with Gasteiger partial charge in [0.25, 0.3) is 0 Å². The van der Waals surface area contributed by atoms with E-state index in [1.54, 1.807) is 13.0 Å². The van der Waals surface area contributed by atoms with Crippen LogP contribution in [0.25, 0.3) is 0 Å². The van der Waals surface area contributed by atoms with Gasteiger partial charge in [0.05, 0.1) is 4.90 Å². The standard InChI is InChI=1S/C10H9F3O2S/c1-8-3-2-4-9(7-8)16(14,15)6-5-10(11,12)13/h2-7H,1H3/b6-5+. The molecular formula is C10H9F3O2S. The van der Waals surface area contributed by atoms with Gasteiger partial charge in [-0.25, -0.2) is 8.42 Å². The monoisotopic (exact) mass is 250 g/mol. The fourth-order valence-corrected chi connectivity index (χ4v) is 2.15. The Kier molecular flexibility index (Phi) is 3.42. The van der Waals surface area contributed by atoms with Crippen LogP contribution in [-0.2, 0) is 9.84 Å². The van der Waals surface area contributed by atoms with Crippen LogP contribution in [0, 0.1) is 6.92 Å². The molecule has 0 aliphatic carbocycles. The van der Waals surface area contributed by atoms with Crippen molar-refractivity contribution in [3.8, 4) is 0 Å². The number of benzene rings is 1. The molecule has 0 atom stereocenters. The first-order chi connectivity index (χ1) is 7.21. The van der Waals surface area contributed by atoms with Crippen LogP contribution in [0.15, 0.2) is 40.6 Å². The molecule has 0 fully saturated rings. The number of hydrogen-bond donors (Lipinski definition) is 0. The maximum atomic E-state index is 11.8. The molecule has 0 saturated heterocycles. The van der Waals surface area contributed by atoms with E-state index in [1.165, 1.54) is 18.2 Å². The third-order valence-corrected chi connectivity index (χ3v) is 3.16.